The van der Waals surface area contributed by atoms with Crippen molar-refractivity contribution >= 4 is 5.91 Å². The van der Waals surface area contributed by atoms with Gasteiger partial charge in [0.1, 0.15) is 0 Å². The van der Waals surface area contributed by atoms with Gasteiger partial charge in [0.15, 0.2) is 0 Å². The van der Waals surface area contributed by atoms with E-state index in [4.69, 9.17) is 5.73 Å². The molecule has 0 bridgehead atoms. The van der Waals surface area contributed by atoms with Crippen molar-refractivity contribution in [3.05, 3.63) is 0 Å². The Balaban J connectivity index is 0. The van der Waals surface area contributed by atoms with Crippen LogP contribution in [0.2, 0.25) is 0 Å². The molecule has 0 aromatic heterocycles. The van der Waals surface area contributed by atoms with Crippen LogP contribution < -0.4 is 11.1 Å². The van der Waals surface area contributed by atoms with Gasteiger partial charge in [-0.3, -0.25) is 4.79 Å². The van der Waals surface area contributed by atoms with E-state index in [1.807, 2.05) is 20.8 Å². The van der Waals surface area contributed by atoms with Crippen LogP contribution in [0.1, 0.15) is 20.8 Å². The van der Waals surface area contributed by atoms with E-state index in [1.54, 1.807) is 0 Å². The Bertz CT molecular complexity index is 64.1. The second-order valence-corrected chi connectivity index (χ2v) is 1.16. The SMILES string of the molecule is CC.CCNC(=O)CN. The first-order valence-electron chi connectivity index (χ1n) is 3.28. The van der Waals surface area contributed by atoms with Crippen LogP contribution in [0.4, 0.5) is 0 Å². The predicted molar refractivity (Wildman–Crippen MR) is 39.1 cm³/mol. The van der Waals surface area contributed by atoms with Gasteiger partial charge in [-0.25, -0.2) is 0 Å². The van der Waals surface area contributed by atoms with Gasteiger partial charge >= 0.3 is 0 Å². The molecule has 3 nitrogen and oxygen atoms in total. The summed E-state index contributed by atoms with van der Waals surface area (Å²) in [6.07, 6.45) is 0. The fraction of sp³-hybridized carbons (Fsp3) is 0.833. The quantitative estimate of drug-likeness (QED) is 0.560. The van der Waals surface area contributed by atoms with Gasteiger partial charge in [0.25, 0.3) is 0 Å². The number of amides is 1. The maximum absolute atomic E-state index is 10.2. The molecule has 0 spiro atoms. The largest absolute Gasteiger partial charge is 0.355 e. The van der Waals surface area contributed by atoms with E-state index in [1.165, 1.54) is 0 Å². The molecule has 0 radical (unpaired) electrons. The summed E-state index contributed by atoms with van der Waals surface area (Å²) in [6, 6.07) is 0. The van der Waals surface area contributed by atoms with Crippen LogP contribution in [0.25, 0.3) is 0 Å². The van der Waals surface area contributed by atoms with Gasteiger partial charge in [0.2, 0.25) is 5.91 Å². The molecule has 0 aromatic rings. The summed E-state index contributed by atoms with van der Waals surface area (Å²) < 4.78 is 0. The number of hydrogen-bond donors (Lipinski definition) is 2. The minimum absolute atomic E-state index is 0.0911. The molecule has 0 aliphatic rings. The van der Waals surface area contributed by atoms with E-state index in [0.29, 0.717) is 6.54 Å². The lowest BCUT2D eigenvalue weighted by Gasteiger charge is -1.93. The van der Waals surface area contributed by atoms with Crippen molar-refractivity contribution in [1.82, 2.24) is 5.32 Å². The summed E-state index contributed by atoms with van der Waals surface area (Å²) in [7, 11) is 0. The van der Waals surface area contributed by atoms with Gasteiger partial charge < -0.3 is 11.1 Å². The fourth-order valence-electron chi connectivity index (χ4n) is 0.269. The summed E-state index contributed by atoms with van der Waals surface area (Å²) in [4.78, 5) is 10.2. The number of nitrogens with one attached hydrogen (secondary N) is 1. The molecule has 56 valence electrons. The first kappa shape index (κ1) is 11.3. The maximum Gasteiger partial charge on any atom is 0.233 e. The summed E-state index contributed by atoms with van der Waals surface area (Å²) in [5, 5.41) is 2.53. The lowest BCUT2D eigenvalue weighted by molar-refractivity contribution is -0.119. The average Bonchev–Trinajstić information content (AvgIpc) is 1.93. The maximum atomic E-state index is 10.2. The normalized spacial score (nSPS) is 7.11. The number of likely N-dealkylation sites (N-methyl/N-ethyl adjacent to an activating group) is 1. The van der Waals surface area contributed by atoms with Crippen molar-refractivity contribution in [1.29, 1.82) is 0 Å². The number of rotatable bonds is 2. The molecule has 3 N–H and O–H groups in total. The Morgan fingerprint density at radius 1 is 1.56 bits per heavy atom. The van der Waals surface area contributed by atoms with E-state index < -0.39 is 0 Å². The van der Waals surface area contributed by atoms with Crippen molar-refractivity contribution in [3.8, 4) is 0 Å². The van der Waals surface area contributed by atoms with Crippen molar-refractivity contribution < 1.29 is 4.79 Å². The van der Waals surface area contributed by atoms with Crippen LogP contribution in [0.15, 0.2) is 0 Å². The highest BCUT2D eigenvalue weighted by Gasteiger charge is 1.88. The minimum atomic E-state index is -0.0949. The van der Waals surface area contributed by atoms with Crippen LogP contribution in [0.5, 0.6) is 0 Å². The standard InChI is InChI=1S/C4H10N2O.C2H6/c1-2-6-4(7)3-5;1-2/h2-3,5H2,1H3,(H,6,7);1-2H3. The molecule has 0 fully saturated rings. The molecule has 0 heterocycles. The van der Waals surface area contributed by atoms with Gasteiger partial charge in [-0.05, 0) is 6.92 Å². The van der Waals surface area contributed by atoms with Gasteiger partial charge in [0, 0.05) is 6.54 Å². The summed E-state index contributed by atoms with van der Waals surface area (Å²) in [6.45, 7) is 6.61. The van der Waals surface area contributed by atoms with Gasteiger partial charge in [-0.1, -0.05) is 13.8 Å². The third kappa shape index (κ3) is 11.2. The highest BCUT2D eigenvalue weighted by atomic mass is 16.1. The Hall–Kier alpha value is -0.570. The van der Waals surface area contributed by atoms with Crippen molar-refractivity contribution in [2.24, 2.45) is 5.73 Å². The molecule has 0 unspecified atom stereocenters. The lowest BCUT2D eigenvalue weighted by atomic mass is 10.6. The van der Waals surface area contributed by atoms with E-state index in [9.17, 15) is 4.79 Å². The number of carbonyl (C=O) groups is 1. The highest BCUT2D eigenvalue weighted by Crippen LogP contribution is 1.54. The number of hydrogen-bond acceptors (Lipinski definition) is 2. The number of carbonyl (C=O) groups excluding carboxylic acids is 1. The van der Waals surface area contributed by atoms with Crippen LogP contribution in [-0.4, -0.2) is 19.0 Å². The van der Waals surface area contributed by atoms with Crippen LogP contribution in [0.3, 0.4) is 0 Å². The molecular formula is C6H16N2O. The molecule has 0 atom stereocenters. The van der Waals surface area contributed by atoms with Crippen molar-refractivity contribution in [3.63, 3.8) is 0 Å². The second-order valence-electron chi connectivity index (χ2n) is 1.16. The predicted octanol–water partition coefficient (Wildman–Crippen LogP) is 0.107. The zero-order valence-electron chi connectivity index (χ0n) is 6.40. The second kappa shape index (κ2) is 10.4. The molecule has 3 heteroatoms. The molecule has 0 rings (SSSR count). The smallest absolute Gasteiger partial charge is 0.233 e. The highest BCUT2D eigenvalue weighted by molar-refractivity contribution is 5.77. The first-order chi connectivity index (χ1) is 4.31. The van der Waals surface area contributed by atoms with Gasteiger partial charge in [0.05, 0.1) is 6.54 Å². The molecule has 0 aliphatic heterocycles. The summed E-state index contributed by atoms with van der Waals surface area (Å²) in [5.74, 6) is -0.0949. The average molecular weight is 132 g/mol. The van der Waals surface area contributed by atoms with Crippen LogP contribution in [-0.2, 0) is 4.79 Å². The number of nitrogens with two attached hydrogens (primary N) is 1. The zero-order chi connectivity index (χ0) is 7.70. The fourth-order valence-corrected chi connectivity index (χ4v) is 0.269. The van der Waals surface area contributed by atoms with E-state index in [-0.39, 0.29) is 12.5 Å². The third-order valence-electron chi connectivity index (χ3n) is 0.559. The van der Waals surface area contributed by atoms with Gasteiger partial charge in [-0.15, -0.1) is 0 Å². The Kier molecular flexibility index (Phi) is 13.0. The minimum Gasteiger partial charge on any atom is -0.355 e. The van der Waals surface area contributed by atoms with Gasteiger partial charge in [-0.2, -0.15) is 0 Å². The molecule has 0 saturated carbocycles. The monoisotopic (exact) mass is 132 g/mol. The molecule has 9 heavy (non-hydrogen) atoms. The molecule has 1 amide bonds. The van der Waals surface area contributed by atoms with Crippen molar-refractivity contribution in [2.75, 3.05) is 13.1 Å². The molecule has 0 aromatic carbocycles. The zero-order valence-corrected chi connectivity index (χ0v) is 6.40. The Labute approximate surface area is 56.6 Å². The van der Waals surface area contributed by atoms with E-state index >= 15 is 0 Å². The summed E-state index contributed by atoms with van der Waals surface area (Å²) in [5.41, 5.74) is 4.95. The van der Waals surface area contributed by atoms with E-state index in [2.05, 4.69) is 5.32 Å². The molecule has 0 aliphatic carbocycles. The van der Waals surface area contributed by atoms with Crippen molar-refractivity contribution in [2.45, 2.75) is 20.8 Å². The van der Waals surface area contributed by atoms with Crippen LogP contribution in [0, 0.1) is 0 Å². The van der Waals surface area contributed by atoms with E-state index in [0.717, 1.165) is 0 Å². The molecule has 0 saturated heterocycles. The summed E-state index contributed by atoms with van der Waals surface area (Å²) >= 11 is 0. The molecular weight excluding hydrogens is 116 g/mol. The lowest BCUT2D eigenvalue weighted by Crippen LogP contribution is -2.29. The Morgan fingerprint density at radius 3 is 2.11 bits per heavy atom. The Morgan fingerprint density at radius 2 is 2.00 bits per heavy atom. The third-order valence-corrected chi connectivity index (χ3v) is 0.559. The topological polar surface area (TPSA) is 55.1 Å². The first-order valence-corrected chi connectivity index (χ1v) is 3.28. The van der Waals surface area contributed by atoms with Crippen LogP contribution >= 0.6 is 0 Å².